The van der Waals surface area contributed by atoms with E-state index in [1.165, 1.54) is 12.1 Å². The second kappa shape index (κ2) is 6.50. The third-order valence-corrected chi connectivity index (χ3v) is 3.48. The molecule has 5 heteroatoms. The van der Waals surface area contributed by atoms with E-state index >= 15 is 0 Å². The molecule has 0 amide bonds. The fourth-order valence-electron chi connectivity index (χ4n) is 2.16. The topological polar surface area (TPSA) is 32.3 Å². The van der Waals surface area contributed by atoms with Gasteiger partial charge in [-0.1, -0.05) is 42.5 Å². The first-order chi connectivity index (χ1) is 10.3. The van der Waals surface area contributed by atoms with Gasteiger partial charge in [0, 0.05) is 13.1 Å². The lowest BCUT2D eigenvalue weighted by Gasteiger charge is -2.24. The molecule has 0 fully saturated rings. The van der Waals surface area contributed by atoms with E-state index in [1.807, 2.05) is 30.3 Å². The monoisotopic (exact) mass is 309 g/mol. The lowest BCUT2D eigenvalue weighted by Crippen LogP contribution is -2.35. The van der Waals surface area contributed by atoms with E-state index in [2.05, 4.69) is 5.32 Å². The lowest BCUT2D eigenvalue weighted by atomic mass is 9.96. The maximum atomic E-state index is 12.5. The van der Waals surface area contributed by atoms with E-state index in [-0.39, 0.29) is 0 Å². The number of benzene rings is 2. The molecule has 0 aliphatic heterocycles. The number of hydrogen-bond acceptors (Lipinski definition) is 2. The summed E-state index contributed by atoms with van der Waals surface area (Å²) < 4.78 is 37.4. The molecule has 118 valence electrons. The predicted octanol–water partition coefficient (Wildman–Crippen LogP) is 3.70. The molecule has 1 atom stereocenters. The predicted molar refractivity (Wildman–Crippen MR) is 79.2 cm³/mol. The summed E-state index contributed by atoms with van der Waals surface area (Å²) in [6.07, 6.45) is -4.32. The van der Waals surface area contributed by atoms with Crippen molar-refractivity contribution in [2.75, 3.05) is 6.54 Å². The average Bonchev–Trinajstić information content (AvgIpc) is 2.48. The van der Waals surface area contributed by atoms with Gasteiger partial charge in [0.1, 0.15) is 0 Å². The molecule has 0 bridgehead atoms. The second-order valence-corrected chi connectivity index (χ2v) is 5.44. The fraction of sp³-hybridized carbons (Fsp3) is 0.294. The highest BCUT2D eigenvalue weighted by atomic mass is 19.4. The molecule has 2 N–H and O–H groups in total. The fourth-order valence-corrected chi connectivity index (χ4v) is 2.16. The van der Waals surface area contributed by atoms with Gasteiger partial charge in [-0.25, -0.2) is 0 Å². The quantitative estimate of drug-likeness (QED) is 0.882. The molecular formula is C17H18F3NO. The standard InChI is InChI=1S/C17H18F3NO/c1-16(22,14-5-3-2-4-6-14)12-21-11-13-7-9-15(10-8-13)17(18,19)20/h2-10,21-22H,11-12H2,1H3. The average molecular weight is 309 g/mol. The van der Waals surface area contributed by atoms with Crippen molar-refractivity contribution in [3.8, 4) is 0 Å². The second-order valence-electron chi connectivity index (χ2n) is 5.44. The van der Waals surface area contributed by atoms with Crippen molar-refractivity contribution in [2.45, 2.75) is 25.2 Å². The molecule has 2 rings (SSSR count). The van der Waals surface area contributed by atoms with Gasteiger partial charge in [-0.3, -0.25) is 0 Å². The number of halogens is 3. The molecule has 0 aliphatic carbocycles. The summed E-state index contributed by atoms with van der Waals surface area (Å²) in [5.41, 5.74) is -0.174. The Bertz CT molecular complexity index is 592. The van der Waals surface area contributed by atoms with Crippen LogP contribution in [0.1, 0.15) is 23.6 Å². The molecule has 22 heavy (non-hydrogen) atoms. The minimum absolute atomic E-state index is 0.304. The van der Waals surface area contributed by atoms with Gasteiger partial charge in [0.05, 0.1) is 11.2 Å². The molecule has 0 aromatic heterocycles. The Hall–Kier alpha value is -1.85. The summed E-state index contributed by atoms with van der Waals surface area (Å²) >= 11 is 0. The highest BCUT2D eigenvalue weighted by Gasteiger charge is 2.29. The van der Waals surface area contributed by atoms with Crippen molar-refractivity contribution in [1.82, 2.24) is 5.32 Å². The Morgan fingerprint density at radius 2 is 1.50 bits per heavy atom. The summed E-state index contributed by atoms with van der Waals surface area (Å²) in [5.74, 6) is 0. The van der Waals surface area contributed by atoms with Gasteiger partial charge in [0.25, 0.3) is 0 Å². The summed E-state index contributed by atoms with van der Waals surface area (Å²) in [6, 6.07) is 14.2. The minimum atomic E-state index is -4.32. The van der Waals surface area contributed by atoms with E-state index in [0.717, 1.165) is 23.3 Å². The molecule has 0 spiro atoms. The summed E-state index contributed by atoms with van der Waals surface area (Å²) in [6.45, 7) is 2.39. The molecule has 0 aliphatic rings. The number of rotatable bonds is 5. The van der Waals surface area contributed by atoms with E-state index < -0.39 is 17.3 Å². The number of hydrogen-bond donors (Lipinski definition) is 2. The Morgan fingerprint density at radius 3 is 2.05 bits per heavy atom. The van der Waals surface area contributed by atoms with Crippen LogP contribution in [0.5, 0.6) is 0 Å². The van der Waals surface area contributed by atoms with Crippen LogP contribution < -0.4 is 5.32 Å². The van der Waals surface area contributed by atoms with Crippen LogP contribution in [0.25, 0.3) is 0 Å². The molecule has 2 aromatic carbocycles. The van der Waals surface area contributed by atoms with Crippen LogP contribution >= 0.6 is 0 Å². The van der Waals surface area contributed by atoms with E-state index in [9.17, 15) is 18.3 Å². The first-order valence-electron chi connectivity index (χ1n) is 6.94. The van der Waals surface area contributed by atoms with E-state index in [0.29, 0.717) is 13.1 Å². The van der Waals surface area contributed by atoms with Gasteiger partial charge in [-0.15, -0.1) is 0 Å². The first-order valence-corrected chi connectivity index (χ1v) is 6.94. The maximum absolute atomic E-state index is 12.5. The zero-order valence-corrected chi connectivity index (χ0v) is 12.2. The van der Waals surface area contributed by atoms with Crippen molar-refractivity contribution in [3.63, 3.8) is 0 Å². The normalized spacial score (nSPS) is 14.6. The van der Waals surface area contributed by atoms with Gasteiger partial charge in [-0.05, 0) is 30.2 Å². The number of alkyl halides is 3. The Morgan fingerprint density at radius 1 is 0.909 bits per heavy atom. The van der Waals surface area contributed by atoms with Crippen molar-refractivity contribution >= 4 is 0 Å². The van der Waals surface area contributed by atoms with Gasteiger partial charge in [0.15, 0.2) is 0 Å². The Labute approximate surface area is 127 Å². The Kier molecular flexibility index (Phi) is 4.88. The zero-order valence-electron chi connectivity index (χ0n) is 12.2. The zero-order chi connectivity index (χ0) is 16.2. The largest absolute Gasteiger partial charge is 0.416 e. The van der Waals surface area contributed by atoms with Crippen LogP contribution in [0.3, 0.4) is 0 Å². The third kappa shape index (κ3) is 4.32. The summed E-state index contributed by atoms with van der Waals surface area (Å²) in [4.78, 5) is 0. The van der Waals surface area contributed by atoms with Crippen LogP contribution in [-0.4, -0.2) is 11.7 Å². The van der Waals surface area contributed by atoms with Crippen molar-refractivity contribution in [3.05, 3.63) is 71.3 Å². The van der Waals surface area contributed by atoms with Crippen molar-refractivity contribution < 1.29 is 18.3 Å². The van der Waals surface area contributed by atoms with Crippen molar-refractivity contribution in [2.24, 2.45) is 0 Å². The maximum Gasteiger partial charge on any atom is 0.416 e. The molecule has 0 heterocycles. The van der Waals surface area contributed by atoms with E-state index in [4.69, 9.17) is 0 Å². The minimum Gasteiger partial charge on any atom is -0.384 e. The van der Waals surface area contributed by atoms with E-state index in [1.54, 1.807) is 6.92 Å². The molecule has 0 radical (unpaired) electrons. The van der Waals surface area contributed by atoms with Crippen LogP contribution in [0.2, 0.25) is 0 Å². The van der Waals surface area contributed by atoms with Crippen LogP contribution in [0, 0.1) is 0 Å². The number of aliphatic hydroxyl groups is 1. The third-order valence-electron chi connectivity index (χ3n) is 3.48. The highest BCUT2D eigenvalue weighted by molar-refractivity contribution is 5.25. The highest BCUT2D eigenvalue weighted by Crippen LogP contribution is 2.29. The first kappa shape index (κ1) is 16.5. The molecule has 1 unspecified atom stereocenters. The smallest absolute Gasteiger partial charge is 0.384 e. The van der Waals surface area contributed by atoms with Crippen LogP contribution in [0.15, 0.2) is 54.6 Å². The molecule has 0 saturated carbocycles. The Balaban J connectivity index is 1.91. The van der Waals surface area contributed by atoms with Crippen molar-refractivity contribution in [1.29, 1.82) is 0 Å². The summed E-state index contributed by atoms with van der Waals surface area (Å²) in [5, 5.41) is 13.5. The molecule has 2 nitrogen and oxygen atoms in total. The van der Waals surface area contributed by atoms with Gasteiger partial charge in [0.2, 0.25) is 0 Å². The molecular weight excluding hydrogens is 291 g/mol. The van der Waals surface area contributed by atoms with Gasteiger partial charge < -0.3 is 10.4 Å². The lowest BCUT2D eigenvalue weighted by molar-refractivity contribution is -0.137. The van der Waals surface area contributed by atoms with Crippen LogP contribution in [0.4, 0.5) is 13.2 Å². The number of nitrogens with one attached hydrogen (secondary N) is 1. The molecule has 0 saturated heterocycles. The molecule has 2 aromatic rings. The SMILES string of the molecule is CC(O)(CNCc1ccc(C(F)(F)F)cc1)c1ccccc1. The van der Waals surface area contributed by atoms with Gasteiger partial charge >= 0.3 is 6.18 Å². The van der Waals surface area contributed by atoms with Crippen LogP contribution in [-0.2, 0) is 18.3 Å². The summed E-state index contributed by atoms with van der Waals surface area (Å²) in [7, 11) is 0. The van der Waals surface area contributed by atoms with Gasteiger partial charge in [-0.2, -0.15) is 13.2 Å².